The molecule has 6 rings (SSSR count). The van der Waals surface area contributed by atoms with Crippen LogP contribution in [0.2, 0.25) is 0 Å². The molecular formula is C37H32N10O15S3. The number of rotatable bonds is 18. The van der Waals surface area contributed by atoms with Crippen molar-refractivity contribution in [2.45, 2.75) is 21.6 Å². The predicted octanol–water partition coefficient (Wildman–Crippen LogP) is 6.23. The minimum Gasteiger partial charge on any atom is -0.478 e. The van der Waals surface area contributed by atoms with E-state index in [9.17, 15) is 63.8 Å². The van der Waals surface area contributed by atoms with Gasteiger partial charge in [0.1, 0.15) is 9.79 Å². The van der Waals surface area contributed by atoms with Crippen LogP contribution in [0.4, 0.5) is 52.0 Å². The number of aliphatic hydroxyl groups is 1. The van der Waals surface area contributed by atoms with Gasteiger partial charge in [0.15, 0.2) is 0 Å². The lowest BCUT2D eigenvalue weighted by Crippen LogP contribution is -2.29. The number of aliphatic hydroxyl groups excluding tert-OH is 1. The Kier molecular flexibility index (Phi) is 13.8. The van der Waals surface area contributed by atoms with Crippen LogP contribution in [0.25, 0.3) is 10.8 Å². The molecule has 338 valence electrons. The summed E-state index contributed by atoms with van der Waals surface area (Å²) in [5, 5.41) is 50.3. The number of hydrogen-bond acceptors (Lipinski definition) is 20. The normalized spacial score (nSPS) is 12.2. The molecule has 1 aromatic heterocycles. The number of carbonyl (C=O) groups is 2. The highest BCUT2D eigenvalue weighted by Gasteiger charge is 2.26. The first-order valence-electron chi connectivity index (χ1n) is 18.1. The Bertz CT molecular complexity index is 3190. The first kappa shape index (κ1) is 47.0. The summed E-state index contributed by atoms with van der Waals surface area (Å²) < 4.78 is 102. The minimum absolute atomic E-state index is 0.00278. The third kappa shape index (κ3) is 12.0. The molecule has 8 N–H and O–H groups in total. The lowest BCUT2D eigenvalue weighted by Gasteiger charge is -2.21. The van der Waals surface area contributed by atoms with Crippen LogP contribution in [0.3, 0.4) is 0 Å². The largest absolute Gasteiger partial charge is 0.478 e. The van der Waals surface area contributed by atoms with E-state index in [1.165, 1.54) is 41.5 Å². The first-order valence-corrected chi connectivity index (χ1v) is 22.4. The van der Waals surface area contributed by atoms with Crippen LogP contribution < -0.4 is 15.7 Å². The third-order valence-electron chi connectivity index (χ3n) is 8.46. The summed E-state index contributed by atoms with van der Waals surface area (Å²) in [4.78, 5) is 38.5. The maximum Gasteiger partial charge on any atom is 0.335 e. The summed E-state index contributed by atoms with van der Waals surface area (Å²) in [6.45, 7) is 1.55. The third-order valence-corrected chi connectivity index (χ3v) is 11.1. The average Bonchev–Trinajstić information content (AvgIpc) is 3.24. The van der Waals surface area contributed by atoms with Crippen molar-refractivity contribution in [3.8, 4) is 0 Å². The quantitative estimate of drug-likeness (QED) is 0.0269. The zero-order valence-corrected chi connectivity index (χ0v) is 35.4. The van der Waals surface area contributed by atoms with Gasteiger partial charge in [-0.1, -0.05) is 0 Å². The van der Waals surface area contributed by atoms with E-state index < -0.39 is 67.8 Å². The molecule has 0 radical (unpaired) electrons. The van der Waals surface area contributed by atoms with E-state index in [1.54, 1.807) is 31.2 Å². The van der Waals surface area contributed by atoms with Crippen molar-refractivity contribution >= 4 is 105 Å². The lowest BCUT2D eigenvalue weighted by molar-refractivity contribution is 0.0696. The summed E-state index contributed by atoms with van der Waals surface area (Å²) in [5.74, 6) is -2.68. The molecule has 0 aliphatic heterocycles. The molecule has 0 spiro atoms. The van der Waals surface area contributed by atoms with Gasteiger partial charge in [0.2, 0.25) is 11.9 Å². The van der Waals surface area contributed by atoms with Crippen LogP contribution in [0, 0.1) is 0 Å². The number of aromatic carboxylic acids is 2. The molecule has 0 saturated heterocycles. The molecule has 0 fully saturated rings. The zero-order chi connectivity index (χ0) is 47.3. The fraction of sp³-hybridized carbons (Fsp3) is 0.108. The Balaban J connectivity index is 1.25. The van der Waals surface area contributed by atoms with Gasteiger partial charge in [-0.05, 0) is 97.9 Å². The van der Waals surface area contributed by atoms with Crippen LogP contribution in [0.1, 0.15) is 27.6 Å². The van der Waals surface area contributed by atoms with Gasteiger partial charge in [-0.3, -0.25) is 18.5 Å². The van der Waals surface area contributed by atoms with E-state index in [0.29, 0.717) is 29.2 Å². The van der Waals surface area contributed by atoms with Crippen LogP contribution >= 0.6 is 0 Å². The summed E-state index contributed by atoms with van der Waals surface area (Å²) in [7, 11) is -15.6. The predicted molar refractivity (Wildman–Crippen MR) is 227 cm³/mol. The smallest absolute Gasteiger partial charge is 0.335 e. The Morgan fingerprint density at radius 2 is 1.05 bits per heavy atom. The maximum absolute atomic E-state index is 12.3. The number of nitrogens with zero attached hydrogens (tertiary/aromatic N) is 8. The standard InChI is InChI=1S/C37H32N10O15S3/c1-2-62-47(11-12-48)37-41-35(38-22-3-7-24(8-4-22)43-45-26-14-20(33(49)50)13-21(15-26)34(51)52)40-36(42-37)39-23-5-9-25(10-6-23)44-46-27-16-29-30(31(17-27)64(56,57)58)18-28(63(53,54)55)19-32(29)65(59,60)61/h3-10,13-19,48H,2,11-12H2,1H3,(H,49,50)(H,51,52)(H,53,54,55)(H,56,57,58)(H,59,60,61)(H2,38,39,40,41,42)/b45-43+,46-44+. The Morgan fingerprint density at radius 1 is 0.600 bits per heavy atom. The van der Waals surface area contributed by atoms with Crippen LogP contribution in [0.5, 0.6) is 0 Å². The number of azo groups is 2. The van der Waals surface area contributed by atoms with Crippen LogP contribution in [-0.4, -0.2) is 101 Å². The fourth-order valence-corrected chi connectivity index (χ4v) is 7.72. The number of carboxylic acid groups (broad SMARTS) is 2. The van der Waals surface area contributed by atoms with E-state index in [-0.39, 0.29) is 65.8 Å². The number of anilines is 5. The van der Waals surface area contributed by atoms with Crippen LogP contribution in [-0.2, 0) is 35.2 Å². The van der Waals surface area contributed by atoms with Gasteiger partial charge in [0, 0.05) is 22.1 Å². The van der Waals surface area contributed by atoms with Crippen molar-refractivity contribution in [3.63, 3.8) is 0 Å². The Hall–Kier alpha value is -7.44. The topological polar surface area (TPSA) is 383 Å². The number of hydrogen-bond donors (Lipinski definition) is 8. The van der Waals surface area contributed by atoms with Gasteiger partial charge in [0.25, 0.3) is 36.3 Å². The number of benzene rings is 5. The number of fused-ring (bicyclic) bond motifs is 1. The van der Waals surface area contributed by atoms with Crippen molar-refractivity contribution in [1.82, 2.24) is 15.0 Å². The van der Waals surface area contributed by atoms with E-state index in [4.69, 9.17) is 4.84 Å². The highest BCUT2D eigenvalue weighted by molar-refractivity contribution is 7.87. The molecule has 0 aliphatic carbocycles. The maximum atomic E-state index is 12.3. The van der Waals surface area contributed by atoms with Crippen molar-refractivity contribution < 1.29 is 68.7 Å². The van der Waals surface area contributed by atoms with Crippen molar-refractivity contribution in [2.24, 2.45) is 20.5 Å². The summed E-state index contributed by atoms with van der Waals surface area (Å²) >= 11 is 0. The molecule has 5 aromatic carbocycles. The number of carboxylic acids is 2. The number of aromatic nitrogens is 3. The van der Waals surface area contributed by atoms with Crippen LogP contribution in [0.15, 0.2) is 126 Å². The van der Waals surface area contributed by atoms with E-state index in [1.807, 2.05) is 0 Å². The minimum atomic E-state index is -5.24. The first-order chi connectivity index (χ1) is 30.6. The zero-order valence-electron chi connectivity index (χ0n) is 32.9. The van der Waals surface area contributed by atoms with Crippen molar-refractivity contribution in [1.29, 1.82) is 0 Å². The van der Waals surface area contributed by atoms with Crippen molar-refractivity contribution in [2.75, 3.05) is 35.5 Å². The van der Waals surface area contributed by atoms with E-state index in [0.717, 1.165) is 18.2 Å². The molecular weight excluding hydrogens is 921 g/mol. The second-order valence-electron chi connectivity index (χ2n) is 13.0. The van der Waals surface area contributed by atoms with E-state index in [2.05, 4.69) is 46.0 Å². The number of nitrogens with one attached hydrogen (secondary N) is 2. The number of hydroxylamine groups is 1. The molecule has 6 aromatic rings. The molecule has 25 nitrogen and oxygen atoms in total. The van der Waals surface area contributed by atoms with Gasteiger partial charge in [-0.2, -0.15) is 60.7 Å². The molecule has 0 unspecified atom stereocenters. The summed E-state index contributed by atoms with van der Waals surface area (Å²) in [6, 6.07) is 18.3. The van der Waals surface area contributed by atoms with Crippen molar-refractivity contribution in [3.05, 3.63) is 102 Å². The average molecular weight is 953 g/mol. The highest BCUT2D eigenvalue weighted by atomic mass is 32.2. The SMILES string of the molecule is CCON(CCO)c1nc(Nc2ccc(/N=N/c3cc(C(=O)O)cc(C(=O)O)c3)cc2)nc(Nc2ccc(/N=N/c3cc(S(=O)(=O)O)c4cc(S(=O)(=O)O)cc(S(=O)(=O)O)c4c3)cc2)n1. The fourth-order valence-electron chi connectivity index (χ4n) is 5.67. The molecule has 0 atom stereocenters. The lowest BCUT2D eigenvalue weighted by atomic mass is 10.1. The monoisotopic (exact) mass is 952 g/mol. The molecule has 0 amide bonds. The molecule has 65 heavy (non-hydrogen) atoms. The Labute approximate surface area is 367 Å². The second kappa shape index (κ2) is 19.1. The molecule has 0 bridgehead atoms. The molecule has 0 aliphatic rings. The highest BCUT2D eigenvalue weighted by Crippen LogP contribution is 2.36. The van der Waals surface area contributed by atoms with Gasteiger partial charge in [-0.15, -0.1) is 0 Å². The van der Waals surface area contributed by atoms with Gasteiger partial charge in [0.05, 0.1) is 58.5 Å². The molecule has 1 heterocycles. The van der Waals surface area contributed by atoms with E-state index >= 15 is 0 Å². The summed E-state index contributed by atoms with van der Waals surface area (Å²) in [6.07, 6.45) is 0. The van der Waals surface area contributed by atoms with Gasteiger partial charge < -0.3 is 26.0 Å². The Morgan fingerprint density at radius 3 is 1.48 bits per heavy atom. The molecule has 28 heteroatoms. The van der Waals surface area contributed by atoms with Gasteiger partial charge >= 0.3 is 11.9 Å². The molecule has 0 saturated carbocycles. The van der Waals surface area contributed by atoms with Gasteiger partial charge in [-0.25, -0.2) is 14.7 Å². The summed E-state index contributed by atoms with van der Waals surface area (Å²) in [5.41, 5.74) is 0.422. The second-order valence-corrected chi connectivity index (χ2v) is 17.2.